The fraction of sp³-hybridized carbons (Fsp3) is 0.955. The molecule has 0 saturated carbocycles. The Morgan fingerprint density at radius 1 is 0.231 bits per heavy atom. The molecule has 0 radical (unpaired) electrons. The molecule has 0 amide bonds. The van der Waals surface area contributed by atoms with Crippen LogP contribution in [0.5, 0.6) is 0 Å². The van der Waals surface area contributed by atoms with Crippen molar-refractivity contribution in [1.29, 1.82) is 0 Å². The molecule has 0 rings (SSSR count). The van der Waals surface area contributed by atoms with E-state index in [1.807, 2.05) is 0 Å². The highest BCUT2D eigenvalue weighted by atomic mass is 31.2. The van der Waals surface area contributed by atoms with Gasteiger partial charge in [-0.15, -0.1) is 0 Å². The zero-order chi connectivity index (χ0) is 79.5. The third-order valence-electron chi connectivity index (χ3n) is 20.8. The molecular weight excluding hydrogens is 1400 g/mol. The van der Waals surface area contributed by atoms with Crippen LogP contribution >= 0.6 is 15.6 Å². The molecule has 642 valence electrons. The van der Waals surface area contributed by atoms with Crippen LogP contribution in [0.2, 0.25) is 0 Å². The zero-order valence-electron chi connectivity index (χ0n) is 71.5. The predicted octanol–water partition coefficient (Wildman–Crippen LogP) is 27.1. The van der Waals surface area contributed by atoms with Gasteiger partial charge in [0, 0.05) is 25.7 Å². The molecule has 3 N–H and O–H groups in total. The third kappa shape index (κ3) is 82.1. The van der Waals surface area contributed by atoms with Gasteiger partial charge in [0.15, 0.2) is 12.2 Å². The Balaban J connectivity index is 5.23. The first-order chi connectivity index (χ1) is 52.1. The van der Waals surface area contributed by atoms with Crippen molar-refractivity contribution in [3.8, 4) is 0 Å². The summed E-state index contributed by atoms with van der Waals surface area (Å²) in [5, 5.41) is 10.7. The molecule has 0 spiro atoms. The lowest BCUT2D eigenvalue weighted by Crippen LogP contribution is -2.30. The number of ether oxygens (including phenoxy) is 4. The Bertz CT molecular complexity index is 2090. The number of aliphatic hydroxyl groups excluding tert-OH is 1. The van der Waals surface area contributed by atoms with Gasteiger partial charge in [0.1, 0.15) is 19.3 Å². The Hall–Kier alpha value is -1.94. The van der Waals surface area contributed by atoms with Crippen LogP contribution < -0.4 is 0 Å². The van der Waals surface area contributed by atoms with Gasteiger partial charge in [-0.2, -0.15) is 0 Å². The molecule has 108 heavy (non-hydrogen) atoms. The van der Waals surface area contributed by atoms with Gasteiger partial charge >= 0.3 is 39.5 Å². The highest BCUT2D eigenvalue weighted by Crippen LogP contribution is 2.45. The fourth-order valence-electron chi connectivity index (χ4n) is 13.8. The van der Waals surface area contributed by atoms with E-state index in [1.54, 1.807) is 0 Å². The maximum Gasteiger partial charge on any atom is 0.472 e. The average molecular weight is 1580 g/mol. The molecule has 0 aliphatic carbocycles. The topological polar surface area (TPSA) is 237 Å². The molecule has 19 heteroatoms. The summed E-state index contributed by atoms with van der Waals surface area (Å²) in [5.74, 6) is 1.04. The molecule has 0 aromatic rings. The van der Waals surface area contributed by atoms with E-state index < -0.39 is 97.5 Å². The van der Waals surface area contributed by atoms with E-state index in [0.29, 0.717) is 25.7 Å². The number of rotatable bonds is 86. The van der Waals surface area contributed by atoms with Gasteiger partial charge in [-0.1, -0.05) is 415 Å². The van der Waals surface area contributed by atoms with Crippen molar-refractivity contribution < 1.29 is 80.2 Å². The number of phosphoric ester groups is 2. The summed E-state index contributed by atoms with van der Waals surface area (Å²) in [6.07, 6.45) is 68.2. The number of esters is 4. The van der Waals surface area contributed by atoms with E-state index >= 15 is 0 Å². The minimum absolute atomic E-state index is 0.106. The number of unbranched alkanes of at least 4 members (excludes halogenated alkanes) is 52. The SMILES string of the molecule is CC(C)CCCCCCCCCCCCCCCCCCCCC(=O)OC[C@H](COP(=O)(O)OC[C@@H](O)COP(=O)(O)OC[C@@H](COC(=O)CCCCCCCCCCC(C)C)OC(=O)CCCCCCCCCCCCCCC(C)C)OC(=O)CCCCCCCCCCCCCCCCCCCCC(C)C. The van der Waals surface area contributed by atoms with Gasteiger partial charge in [-0.25, -0.2) is 9.13 Å². The van der Waals surface area contributed by atoms with Crippen molar-refractivity contribution in [2.75, 3.05) is 39.6 Å². The molecule has 0 aromatic heterocycles. The number of phosphoric acid groups is 2. The number of aliphatic hydroxyl groups is 1. The summed E-state index contributed by atoms with van der Waals surface area (Å²) in [7, 11) is -9.93. The van der Waals surface area contributed by atoms with Crippen molar-refractivity contribution >= 4 is 39.5 Å². The molecule has 17 nitrogen and oxygen atoms in total. The van der Waals surface area contributed by atoms with Gasteiger partial charge < -0.3 is 33.8 Å². The standard InChI is InChI=1S/C89H174O17P2/c1-79(2)65-57-49-41-33-27-21-17-13-9-11-15-19-23-30-36-45-53-61-69-86(91)99-75-84(105-88(93)71-63-55-47-37-31-24-20-16-12-10-14-18-22-28-34-42-50-58-66-80(3)4)77-103-107(95,96)101-73-83(90)74-102-108(97,98)104-78-85(76-100-87(92)70-62-54-46-40-39-44-52-60-68-82(7)8)106-89(94)72-64-56-48-38-32-26-25-29-35-43-51-59-67-81(5)6/h79-85,90H,9-78H2,1-8H3,(H,95,96)(H,97,98)/t83-,84-,85-/m1/s1. The minimum atomic E-state index is -4.97. The van der Waals surface area contributed by atoms with Crippen LogP contribution in [0, 0.1) is 23.7 Å². The van der Waals surface area contributed by atoms with E-state index in [1.165, 1.54) is 270 Å². The smallest absolute Gasteiger partial charge is 0.462 e. The van der Waals surface area contributed by atoms with Crippen LogP contribution in [0.25, 0.3) is 0 Å². The third-order valence-corrected chi connectivity index (χ3v) is 22.7. The second kappa shape index (κ2) is 77.6. The lowest BCUT2D eigenvalue weighted by molar-refractivity contribution is -0.161. The van der Waals surface area contributed by atoms with E-state index in [-0.39, 0.29) is 25.7 Å². The number of carbonyl (C=O) groups excluding carboxylic acids is 4. The van der Waals surface area contributed by atoms with Crippen LogP contribution in [0.15, 0.2) is 0 Å². The van der Waals surface area contributed by atoms with E-state index in [4.69, 9.17) is 37.0 Å². The van der Waals surface area contributed by atoms with Crippen LogP contribution in [0.3, 0.4) is 0 Å². The molecule has 0 aliphatic rings. The lowest BCUT2D eigenvalue weighted by Gasteiger charge is -2.21. The Labute approximate surface area is 664 Å². The highest BCUT2D eigenvalue weighted by molar-refractivity contribution is 7.47. The van der Waals surface area contributed by atoms with Crippen molar-refractivity contribution in [3.63, 3.8) is 0 Å². The Morgan fingerprint density at radius 3 is 0.574 bits per heavy atom. The Kier molecular flexibility index (Phi) is 76.2. The number of hydrogen-bond donors (Lipinski definition) is 3. The molecular formula is C89H174O17P2. The molecule has 0 fully saturated rings. The van der Waals surface area contributed by atoms with Gasteiger partial charge in [0.2, 0.25) is 0 Å². The van der Waals surface area contributed by atoms with Crippen molar-refractivity contribution in [2.24, 2.45) is 23.7 Å². The van der Waals surface area contributed by atoms with E-state index in [0.717, 1.165) is 114 Å². The summed E-state index contributed by atoms with van der Waals surface area (Å²) >= 11 is 0. The molecule has 0 heterocycles. The number of hydrogen-bond acceptors (Lipinski definition) is 15. The largest absolute Gasteiger partial charge is 0.472 e. The van der Waals surface area contributed by atoms with E-state index in [9.17, 15) is 43.2 Å². The van der Waals surface area contributed by atoms with Crippen LogP contribution in [-0.4, -0.2) is 96.7 Å². The van der Waals surface area contributed by atoms with Gasteiger partial charge in [-0.3, -0.25) is 37.3 Å². The van der Waals surface area contributed by atoms with Crippen molar-refractivity contribution in [1.82, 2.24) is 0 Å². The second-order valence-electron chi connectivity index (χ2n) is 33.9. The predicted molar refractivity (Wildman–Crippen MR) is 446 cm³/mol. The van der Waals surface area contributed by atoms with Gasteiger partial charge in [0.25, 0.3) is 0 Å². The quantitative estimate of drug-likeness (QED) is 0.0222. The first kappa shape index (κ1) is 106. The monoisotopic (exact) mass is 1580 g/mol. The fourth-order valence-corrected chi connectivity index (χ4v) is 15.4. The van der Waals surface area contributed by atoms with E-state index in [2.05, 4.69) is 55.4 Å². The lowest BCUT2D eigenvalue weighted by atomic mass is 10.0. The van der Waals surface area contributed by atoms with Crippen LogP contribution in [0.1, 0.15) is 466 Å². The second-order valence-corrected chi connectivity index (χ2v) is 36.8. The molecule has 0 aromatic carbocycles. The van der Waals surface area contributed by atoms with Crippen LogP contribution in [-0.2, 0) is 65.4 Å². The molecule has 5 atom stereocenters. The van der Waals surface area contributed by atoms with Crippen molar-refractivity contribution in [2.45, 2.75) is 485 Å². The van der Waals surface area contributed by atoms with Gasteiger partial charge in [-0.05, 0) is 49.4 Å². The molecule has 0 aliphatic heterocycles. The number of carbonyl (C=O) groups is 4. The summed E-state index contributed by atoms with van der Waals surface area (Å²) in [6, 6.07) is 0. The molecule has 0 bridgehead atoms. The summed E-state index contributed by atoms with van der Waals surface area (Å²) in [6.45, 7) is 14.3. The Morgan fingerprint density at radius 2 is 0.389 bits per heavy atom. The summed E-state index contributed by atoms with van der Waals surface area (Å²) in [5.41, 5.74) is 0. The zero-order valence-corrected chi connectivity index (χ0v) is 73.3. The normalized spacial score (nSPS) is 13.9. The summed E-state index contributed by atoms with van der Waals surface area (Å²) in [4.78, 5) is 73.3. The highest BCUT2D eigenvalue weighted by Gasteiger charge is 2.31. The minimum Gasteiger partial charge on any atom is -0.462 e. The molecule has 0 saturated heterocycles. The maximum atomic E-state index is 13.2. The maximum absolute atomic E-state index is 13.2. The van der Waals surface area contributed by atoms with Crippen LogP contribution in [0.4, 0.5) is 0 Å². The first-order valence-electron chi connectivity index (χ1n) is 45.7. The van der Waals surface area contributed by atoms with Crippen molar-refractivity contribution in [3.05, 3.63) is 0 Å². The first-order valence-corrected chi connectivity index (χ1v) is 48.7. The summed E-state index contributed by atoms with van der Waals surface area (Å²) < 4.78 is 69.0. The average Bonchev–Trinajstić information content (AvgIpc) is 0.891. The molecule has 2 unspecified atom stereocenters. The van der Waals surface area contributed by atoms with Gasteiger partial charge in [0.05, 0.1) is 26.4 Å².